The summed E-state index contributed by atoms with van der Waals surface area (Å²) in [5, 5.41) is 2.75. The summed E-state index contributed by atoms with van der Waals surface area (Å²) in [6, 6.07) is 22.5. The van der Waals surface area contributed by atoms with Crippen molar-refractivity contribution >= 4 is 21.6 Å². The molecule has 0 fully saturated rings. The molecule has 0 bridgehead atoms. The number of amides is 1. The summed E-state index contributed by atoms with van der Waals surface area (Å²) in [5.41, 5.74) is 0.611. The number of ether oxygens (including phenoxy) is 2. The number of nitrogens with one attached hydrogen (secondary N) is 1. The molecule has 1 N–H and O–H groups in total. The van der Waals surface area contributed by atoms with Crippen LogP contribution in [-0.4, -0.2) is 38.3 Å². The van der Waals surface area contributed by atoms with Gasteiger partial charge in [-0.15, -0.1) is 0 Å². The molecule has 0 saturated carbocycles. The number of hydrogen-bond acceptors (Lipinski definition) is 5. The number of rotatable bonds is 10. The Kier molecular flexibility index (Phi) is 7.86. The molecule has 0 saturated heterocycles. The van der Waals surface area contributed by atoms with Crippen LogP contribution < -0.4 is 14.8 Å². The van der Waals surface area contributed by atoms with Crippen LogP contribution in [0.4, 0.5) is 5.69 Å². The third kappa shape index (κ3) is 6.09. The lowest BCUT2D eigenvalue weighted by Gasteiger charge is -2.18. The molecule has 0 aliphatic heterocycles. The van der Waals surface area contributed by atoms with Gasteiger partial charge in [0, 0.05) is 18.8 Å². The van der Waals surface area contributed by atoms with E-state index in [0.29, 0.717) is 30.3 Å². The molecule has 8 heteroatoms. The van der Waals surface area contributed by atoms with Gasteiger partial charge in [0.25, 0.3) is 5.91 Å². The molecule has 3 rings (SSSR count). The minimum absolute atomic E-state index is 0.191. The molecule has 3 aromatic rings. The highest BCUT2D eigenvalue weighted by Crippen LogP contribution is 2.23. The highest BCUT2D eigenvalue weighted by atomic mass is 32.2. The number of para-hydroxylation sites is 1. The second-order valence-corrected chi connectivity index (χ2v) is 8.78. The van der Waals surface area contributed by atoms with Gasteiger partial charge in [0.1, 0.15) is 17.2 Å². The van der Waals surface area contributed by atoms with E-state index in [1.54, 1.807) is 50.2 Å². The van der Waals surface area contributed by atoms with Crippen molar-refractivity contribution in [3.05, 3.63) is 78.9 Å². The van der Waals surface area contributed by atoms with Crippen LogP contribution in [-0.2, 0) is 14.8 Å². The zero-order valence-electron chi connectivity index (χ0n) is 18.0. The van der Waals surface area contributed by atoms with Gasteiger partial charge < -0.3 is 14.8 Å². The molecule has 0 aliphatic carbocycles. The van der Waals surface area contributed by atoms with Crippen molar-refractivity contribution in [3.63, 3.8) is 0 Å². The first kappa shape index (κ1) is 23.3. The van der Waals surface area contributed by atoms with E-state index in [4.69, 9.17) is 9.47 Å². The Morgan fingerprint density at radius 2 is 1.38 bits per heavy atom. The summed E-state index contributed by atoms with van der Waals surface area (Å²) in [6.07, 6.45) is 0. The molecule has 3 aromatic carbocycles. The second-order valence-electron chi connectivity index (χ2n) is 6.84. The van der Waals surface area contributed by atoms with Crippen molar-refractivity contribution in [2.24, 2.45) is 0 Å². The van der Waals surface area contributed by atoms with E-state index in [1.807, 2.05) is 30.3 Å². The van der Waals surface area contributed by atoms with Gasteiger partial charge in [-0.05, 0) is 60.7 Å². The molecular formula is C24H26N2O5S. The number of nitrogens with zero attached hydrogens (tertiary/aromatic N) is 1. The lowest BCUT2D eigenvalue weighted by Crippen LogP contribution is -2.30. The molecule has 168 valence electrons. The molecule has 0 radical (unpaired) electrons. The zero-order valence-corrected chi connectivity index (χ0v) is 18.8. The monoisotopic (exact) mass is 454 g/mol. The van der Waals surface area contributed by atoms with Crippen LogP contribution in [0.3, 0.4) is 0 Å². The molecule has 7 nitrogen and oxygen atoms in total. The van der Waals surface area contributed by atoms with E-state index in [0.717, 1.165) is 5.75 Å². The predicted octanol–water partition coefficient (Wildman–Crippen LogP) is 4.53. The minimum Gasteiger partial charge on any atom is -0.484 e. The van der Waals surface area contributed by atoms with Crippen LogP contribution in [0.25, 0.3) is 0 Å². The van der Waals surface area contributed by atoms with Crippen LogP contribution in [0.15, 0.2) is 83.8 Å². The van der Waals surface area contributed by atoms with E-state index < -0.39 is 10.0 Å². The van der Waals surface area contributed by atoms with E-state index in [1.165, 1.54) is 16.4 Å². The Hall–Kier alpha value is -3.36. The zero-order chi connectivity index (χ0) is 23.0. The first-order valence-electron chi connectivity index (χ1n) is 10.3. The van der Waals surface area contributed by atoms with Gasteiger partial charge >= 0.3 is 0 Å². The molecule has 0 aliphatic rings. The maximum atomic E-state index is 12.5. The number of anilines is 1. The summed E-state index contributed by atoms with van der Waals surface area (Å²) in [6.45, 7) is 4.18. The number of carbonyl (C=O) groups excluding carboxylic acids is 1. The van der Waals surface area contributed by atoms with Gasteiger partial charge in [-0.3, -0.25) is 4.79 Å². The van der Waals surface area contributed by atoms with E-state index in [-0.39, 0.29) is 17.4 Å². The molecule has 0 aromatic heterocycles. The van der Waals surface area contributed by atoms with Gasteiger partial charge in [-0.2, -0.15) is 4.31 Å². The maximum absolute atomic E-state index is 12.5. The first-order valence-corrected chi connectivity index (χ1v) is 11.7. The summed E-state index contributed by atoms with van der Waals surface area (Å²) < 4.78 is 37.6. The smallest absolute Gasteiger partial charge is 0.262 e. The van der Waals surface area contributed by atoms with Gasteiger partial charge in [0.05, 0.1) is 4.90 Å². The van der Waals surface area contributed by atoms with Crippen molar-refractivity contribution < 1.29 is 22.7 Å². The molecular weight excluding hydrogens is 428 g/mol. The maximum Gasteiger partial charge on any atom is 0.262 e. The number of sulfonamides is 1. The Labute approximate surface area is 188 Å². The minimum atomic E-state index is -3.53. The molecule has 32 heavy (non-hydrogen) atoms. The predicted molar refractivity (Wildman–Crippen MR) is 124 cm³/mol. The third-order valence-electron chi connectivity index (χ3n) is 4.65. The van der Waals surface area contributed by atoms with Crippen LogP contribution in [0.2, 0.25) is 0 Å². The van der Waals surface area contributed by atoms with Crippen molar-refractivity contribution in [3.8, 4) is 17.2 Å². The largest absolute Gasteiger partial charge is 0.484 e. The summed E-state index contributed by atoms with van der Waals surface area (Å²) >= 11 is 0. The fourth-order valence-electron chi connectivity index (χ4n) is 3.00. The fourth-order valence-corrected chi connectivity index (χ4v) is 4.46. The van der Waals surface area contributed by atoms with Crippen LogP contribution in [0, 0.1) is 0 Å². The van der Waals surface area contributed by atoms with Crippen molar-refractivity contribution in [1.29, 1.82) is 0 Å². The Morgan fingerprint density at radius 1 is 0.812 bits per heavy atom. The third-order valence-corrected chi connectivity index (χ3v) is 6.72. The Morgan fingerprint density at radius 3 is 1.97 bits per heavy atom. The van der Waals surface area contributed by atoms with E-state index >= 15 is 0 Å². The molecule has 0 heterocycles. The summed E-state index contributed by atoms with van der Waals surface area (Å²) in [7, 11) is -3.53. The Bertz CT molecular complexity index is 1110. The lowest BCUT2D eigenvalue weighted by atomic mass is 10.3. The quantitative estimate of drug-likeness (QED) is 0.487. The van der Waals surface area contributed by atoms with Crippen LogP contribution in [0.5, 0.6) is 17.2 Å². The second kappa shape index (κ2) is 10.8. The Balaban J connectivity index is 1.51. The first-order chi connectivity index (χ1) is 15.4. The average Bonchev–Trinajstić information content (AvgIpc) is 2.80. The van der Waals surface area contributed by atoms with E-state index in [2.05, 4.69) is 5.32 Å². The summed E-state index contributed by atoms with van der Waals surface area (Å²) in [4.78, 5) is 12.4. The standard InChI is InChI=1S/C24H26N2O5S/c1-3-26(4-2)32(28,29)23-16-14-20(15-17-23)30-18-24(27)25-19-10-12-22(13-11-19)31-21-8-6-5-7-9-21/h5-17H,3-4,18H2,1-2H3,(H,25,27). The van der Waals surface area contributed by atoms with Crippen molar-refractivity contribution in [2.75, 3.05) is 25.0 Å². The van der Waals surface area contributed by atoms with Gasteiger partial charge in [0.15, 0.2) is 6.61 Å². The topological polar surface area (TPSA) is 84.9 Å². The lowest BCUT2D eigenvalue weighted by molar-refractivity contribution is -0.118. The SMILES string of the molecule is CCN(CC)S(=O)(=O)c1ccc(OCC(=O)Nc2ccc(Oc3ccccc3)cc2)cc1. The van der Waals surface area contributed by atoms with Gasteiger partial charge in [-0.25, -0.2) is 8.42 Å². The van der Waals surface area contributed by atoms with Crippen molar-refractivity contribution in [2.45, 2.75) is 18.7 Å². The van der Waals surface area contributed by atoms with Crippen LogP contribution in [0.1, 0.15) is 13.8 Å². The highest BCUT2D eigenvalue weighted by Gasteiger charge is 2.21. The number of hydrogen-bond donors (Lipinski definition) is 1. The molecule has 0 unspecified atom stereocenters. The number of carbonyl (C=O) groups is 1. The molecule has 1 amide bonds. The highest BCUT2D eigenvalue weighted by molar-refractivity contribution is 7.89. The molecule has 0 spiro atoms. The van der Waals surface area contributed by atoms with E-state index in [9.17, 15) is 13.2 Å². The summed E-state index contributed by atoms with van der Waals surface area (Å²) in [5.74, 6) is 1.46. The van der Waals surface area contributed by atoms with Crippen LogP contribution >= 0.6 is 0 Å². The van der Waals surface area contributed by atoms with Gasteiger partial charge in [-0.1, -0.05) is 32.0 Å². The number of benzene rings is 3. The normalized spacial score (nSPS) is 11.2. The van der Waals surface area contributed by atoms with Crippen molar-refractivity contribution in [1.82, 2.24) is 4.31 Å². The average molecular weight is 455 g/mol. The molecule has 0 atom stereocenters. The van der Waals surface area contributed by atoms with Gasteiger partial charge in [0.2, 0.25) is 10.0 Å². The fraction of sp³-hybridized carbons (Fsp3) is 0.208.